The van der Waals surface area contributed by atoms with E-state index in [1.54, 1.807) is 36.4 Å². The summed E-state index contributed by atoms with van der Waals surface area (Å²) in [7, 11) is -3.88. The van der Waals surface area contributed by atoms with E-state index in [4.69, 9.17) is 0 Å². The highest BCUT2D eigenvalue weighted by molar-refractivity contribution is 7.93. The maximum atomic E-state index is 13.4. The molecule has 1 aliphatic rings. The predicted molar refractivity (Wildman–Crippen MR) is 144 cm³/mol. The molecule has 1 heterocycles. The van der Waals surface area contributed by atoms with Crippen LogP contribution in [0.5, 0.6) is 0 Å². The summed E-state index contributed by atoms with van der Waals surface area (Å²) >= 11 is 0. The van der Waals surface area contributed by atoms with Crippen LogP contribution in [0.25, 0.3) is 10.8 Å². The molecule has 36 heavy (non-hydrogen) atoms. The van der Waals surface area contributed by atoms with Gasteiger partial charge >= 0.3 is 0 Å². The zero-order chi connectivity index (χ0) is 25.9. The molecule has 3 aromatic carbocycles. The zero-order valence-electron chi connectivity index (χ0n) is 20.9. The fraction of sp³-hybridized carbons (Fsp3) is 0.370. The van der Waals surface area contributed by atoms with Gasteiger partial charge in [0.05, 0.1) is 10.3 Å². The summed E-state index contributed by atoms with van der Waals surface area (Å²) in [4.78, 5) is 17.1. The van der Waals surface area contributed by atoms with Gasteiger partial charge in [-0.3, -0.25) is 9.52 Å². The van der Waals surface area contributed by atoms with Crippen molar-refractivity contribution >= 4 is 43.8 Å². The van der Waals surface area contributed by atoms with Gasteiger partial charge in [-0.25, -0.2) is 12.8 Å². The Morgan fingerprint density at radius 2 is 1.53 bits per heavy atom. The number of amides is 1. The average Bonchev–Trinajstić information content (AvgIpc) is 2.89. The molecule has 0 spiro atoms. The first kappa shape index (κ1) is 25.9. The number of hydrogen-bond donors (Lipinski definition) is 2. The maximum absolute atomic E-state index is 13.4. The minimum atomic E-state index is -3.88. The molecule has 0 aliphatic carbocycles. The van der Waals surface area contributed by atoms with Crippen molar-refractivity contribution in [3.63, 3.8) is 0 Å². The number of carbonyl (C=O) groups excluding carboxylic acids is 1. The van der Waals surface area contributed by atoms with Gasteiger partial charge in [-0.15, -0.1) is 0 Å². The molecule has 1 saturated heterocycles. The van der Waals surface area contributed by atoms with Gasteiger partial charge in [-0.05, 0) is 56.8 Å². The second-order valence-electron chi connectivity index (χ2n) is 9.70. The molecule has 1 amide bonds. The summed E-state index contributed by atoms with van der Waals surface area (Å²) in [6.07, 6.45) is 0. The summed E-state index contributed by atoms with van der Waals surface area (Å²) in [5.74, 6) is -0.444. The second-order valence-corrected chi connectivity index (χ2v) is 11.4. The number of likely N-dealkylation sites (N-methyl/N-ethyl adjacent to an activating group) is 1. The van der Waals surface area contributed by atoms with Gasteiger partial charge in [0.2, 0.25) is 5.91 Å². The van der Waals surface area contributed by atoms with Crippen molar-refractivity contribution in [3.05, 3.63) is 60.7 Å². The standard InChI is InChI=1S/C27H33FN4O3S/c1-4-31-15-17-32(18-16-31)24-9-5-8-23-22(24)7-6-10-25(23)36(34,35)30-21-13-11-20(12-14-21)29-26(33)27(2,3)19-28/h5-14,30H,4,15-19H2,1-3H3,(H,29,33). The van der Waals surface area contributed by atoms with Gasteiger partial charge in [0, 0.05) is 54.0 Å². The molecule has 0 atom stereocenters. The van der Waals surface area contributed by atoms with E-state index in [1.807, 2.05) is 24.3 Å². The molecule has 0 bridgehead atoms. The molecule has 9 heteroatoms. The van der Waals surface area contributed by atoms with Gasteiger partial charge in [0.15, 0.2) is 0 Å². The number of alkyl halides is 1. The van der Waals surface area contributed by atoms with E-state index in [-0.39, 0.29) is 4.90 Å². The van der Waals surface area contributed by atoms with Gasteiger partial charge in [-0.1, -0.05) is 31.2 Å². The van der Waals surface area contributed by atoms with Crippen molar-refractivity contribution < 1.29 is 17.6 Å². The van der Waals surface area contributed by atoms with Gasteiger partial charge in [-0.2, -0.15) is 0 Å². The fourth-order valence-electron chi connectivity index (χ4n) is 4.27. The van der Waals surface area contributed by atoms with Crippen molar-refractivity contribution in [1.29, 1.82) is 0 Å². The van der Waals surface area contributed by atoms with E-state index >= 15 is 0 Å². The van der Waals surface area contributed by atoms with Crippen molar-refractivity contribution in [2.75, 3.05) is 54.3 Å². The van der Waals surface area contributed by atoms with E-state index in [0.717, 1.165) is 43.8 Å². The SMILES string of the molecule is CCN1CCN(c2cccc3c(S(=O)(=O)Nc4ccc(NC(=O)C(C)(C)CF)cc4)cccc23)CC1. The van der Waals surface area contributed by atoms with Crippen LogP contribution in [0.2, 0.25) is 0 Å². The third kappa shape index (κ3) is 5.47. The Kier molecular flexibility index (Phi) is 7.51. The van der Waals surface area contributed by atoms with Crippen LogP contribution in [0, 0.1) is 5.41 Å². The molecule has 192 valence electrons. The Balaban J connectivity index is 1.56. The number of benzene rings is 3. The lowest BCUT2D eigenvalue weighted by molar-refractivity contribution is -0.124. The van der Waals surface area contributed by atoms with Crippen LogP contribution in [0.15, 0.2) is 65.6 Å². The van der Waals surface area contributed by atoms with E-state index in [0.29, 0.717) is 16.8 Å². The molecule has 7 nitrogen and oxygen atoms in total. The number of halogens is 1. The van der Waals surface area contributed by atoms with Crippen molar-refractivity contribution in [1.82, 2.24) is 4.90 Å². The van der Waals surface area contributed by atoms with Crippen molar-refractivity contribution in [3.8, 4) is 0 Å². The summed E-state index contributed by atoms with van der Waals surface area (Å²) < 4.78 is 42.5. The lowest BCUT2D eigenvalue weighted by atomic mass is 9.94. The quantitative estimate of drug-likeness (QED) is 0.457. The third-order valence-corrected chi connectivity index (χ3v) is 8.09. The number of rotatable bonds is 8. The van der Waals surface area contributed by atoms with Crippen LogP contribution < -0.4 is 14.9 Å². The molecule has 3 aromatic rings. The van der Waals surface area contributed by atoms with Crippen molar-refractivity contribution in [2.45, 2.75) is 25.7 Å². The molecule has 0 radical (unpaired) electrons. The number of sulfonamides is 1. The number of hydrogen-bond acceptors (Lipinski definition) is 5. The largest absolute Gasteiger partial charge is 0.368 e. The molecule has 1 fully saturated rings. The maximum Gasteiger partial charge on any atom is 0.262 e. The van der Waals surface area contributed by atoms with E-state index < -0.39 is 28.0 Å². The number of piperazine rings is 1. The molecular formula is C27H33FN4O3S. The number of anilines is 3. The molecule has 2 N–H and O–H groups in total. The number of fused-ring (bicyclic) bond motifs is 1. The van der Waals surface area contributed by atoms with Crippen LogP contribution in [-0.2, 0) is 14.8 Å². The first-order chi connectivity index (χ1) is 17.1. The first-order valence-corrected chi connectivity index (χ1v) is 13.6. The van der Waals surface area contributed by atoms with Gasteiger partial charge < -0.3 is 15.1 Å². The molecule has 1 aliphatic heterocycles. The Labute approximate surface area is 212 Å². The smallest absolute Gasteiger partial charge is 0.262 e. The highest BCUT2D eigenvalue weighted by Crippen LogP contribution is 2.32. The predicted octanol–water partition coefficient (Wildman–Crippen LogP) is 4.72. The molecule has 0 aromatic heterocycles. The monoisotopic (exact) mass is 512 g/mol. The normalized spacial score (nSPS) is 15.2. The number of nitrogens with one attached hydrogen (secondary N) is 2. The first-order valence-electron chi connectivity index (χ1n) is 12.1. The van der Waals surface area contributed by atoms with Crippen LogP contribution >= 0.6 is 0 Å². The van der Waals surface area contributed by atoms with Crippen LogP contribution in [0.1, 0.15) is 20.8 Å². The summed E-state index contributed by atoms with van der Waals surface area (Å²) in [5, 5.41) is 4.23. The lowest BCUT2D eigenvalue weighted by Crippen LogP contribution is -2.46. The molecule has 4 rings (SSSR count). The summed E-state index contributed by atoms with van der Waals surface area (Å²) in [5.41, 5.74) is 0.720. The minimum absolute atomic E-state index is 0.205. The average molecular weight is 513 g/mol. The van der Waals surface area contributed by atoms with Crippen molar-refractivity contribution in [2.24, 2.45) is 5.41 Å². The Hall–Kier alpha value is -3.17. The Morgan fingerprint density at radius 1 is 0.917 bits per heavy atom. The fourth-order valence-corrected chi connectivity index (χ4v) is 5.55. The molecule has 0 unspecified atom stereocenters. The Bertz CT molecular complexity index is 1330. The number of nitrogens with zero attached hydrogens (tertiary/aromatic N) is 2. The zero-order valence-corrected chi connectivity index (χ0v) is 21.7. The Morgan fingerprint density at radius 3 is 2.17 bits per heavy atom. The molecule has 0 saturated carbocycles. The van der Waals surface area contributed by atoms with E-state index in [9.17, 15) is 17.6 Å². The topological polar surface area (TPSA) is 81.8 Å². The molecular weight excluding hydrogens is 479 g/mol. The van der Waals surface area contributed by atoms with Gasteiger partial charge in [0.25, 0.3) is 10.0 Å². The van der Waals surface area contributed by atoms with E-state index in [1.165, 1.54) is 13.8 Å². The highest BCUT2D eigenvalue weighted by Gasteiger charge is 2.27. The third-order valence-electron chi connectivity index (χ3n) is 6.65. The lowest BCUT2D eigenvalue weighted by Gasteiger charge is -2.36. The minimum Gasteiger partial charge on any atom is -0.368 e. The van der Waals surface area contributed by atoms with Crippen LogP contribution in [0.3, 0.4) is 0 Å². The highest BCUT2D eigenvalue weighted by atomic mass is 32.2. The number of carbonyl (C=O) groups is 1. The van der Waals surface area contributed by atoms with Crippen LogP contribution in [-0.4, -0.2) is 58.6 Å². The van der Waals surface area contributed by atoms with Gasteiger partial charge in [0.1, 0.15) is 6.67 Å². The van der Waals surface area contributed by atoms with Crippen LogP contribution in [0.4, 0.5) is 21.5 Å². The summed E-state index contributed by atoms with van der Waals surface area (Å²) in [6, 6.07) is 17.4. The summed E-state index contributed by atoms with van der Waals surface area (Å²) in [6.45, 7) is 9.20. The van der Waals surface area contributed by atoms with E-state index in [2.05, 4.69) is 26.8 Å². The second kappa shape index (κ2) is 10.4.